The number of fused-ring (bicyclic) bond motifs is 1. The Morgan fingerprint density at radius 3 is 2.65 bits per heavy atom. The van der Waals surface area contributed by atoms with Crippen molar-refractivity contribution >= 4 is 29.3 Å². The molecule has 1 aliphatic rings. The lowest BCUT2D eigenvalue weighted by Crippen LogP contribution is -2.37. The number of benzene rings is 1. The van der Waals surface area contributed by atoms with Gasteiger partial charge < -0.3 is 15.4 Å². The van der Waals surface area contributed by atoms with Gasteiger partial charge in [0.2, 0.25) is 0 Å². The first-order chi connectivity index (χ1) is 9.36. The van der Waals surface area contributed by atoms with Crippen LogP contribution in [0.4, 0.5) is 5.82 Å². The molecule has 3 rings (SSSR count). The zero-order valence-corrected chi connectivity index (χ0v) is 12.2. The molecule has 1 aromatic heterocycles. The largest absolute Gasteiger partial charge is 0.470 e. The molecule has 0 radical (unpaired) electrons. The predicted octanol–water partition coefficient (Wildman–Crippen LogP) is 2.22. The summed E-state index contributed by atoms with van der Waals surface area (Å²) in [6, 6.07) is 7.83. The van der Waals surface area contributed by atoms with Crippen molar-refractivity contribution in [3.8, 4) is 5.88 Å². The Hall–Kier alpha value is -1.59. The molecule has 1 saturated heterocycles. The number of ether oxygens (including phenoxy) is 1. The van der Waals surface area contributed by atoms with Crippen molar-refractivity contribution < 1.29 is 4.74 Å². The van der Waals surface area contributed by atoms with Crippen LogP contribution in [-0.2, 0) is 0 Å². The quantitative estimate of drug-likeness (QED) is 0.909. The number of rotatable bonds is 3. The van der Waals surface area contributed by atoms with Gasteiger partial charge in [0.1, 0.15) is 6.10 Å². The topological polar surface area (TPSA) is 59.1 Å². The van der Waals surface area contributed by atoms with Crippen molar-refractivity contribution in [2.45, 2.75) is 18.9 Å². The number of hydrogen-bond acceptors (Lipinski definition) is 5. The van der Waals surface area contributed by atoms with Gasteiger partial charge in [-0.05, 0) is 31.5 Å². The Bertz CT molecular complexity index is 572. The average molecular weight is 295 g/mol. The summed E-state index contributed by atoms with van der Waals surface area (Å²) >= 11 is 0. The second-order valence-electron chi connectivity index (χ2n) is 4.70. The van der Waals surface area contributed by atoms with E-state index >= 15 is 0 Å². The third kappa shape index (κ3) is 3.11. The molecule has 1 aromatic carbocycles. The Kier molecular flexibility index (Phi) is 4.98. The molecule has 20 heavy (non-hydrogen) atoms. The number of aromatic nitrogens is 2. The molecule has 0 saturated carbocycles. The van der Waals surface area contributed by atoms with Gasteiger partial charge in [0.25, 0.3) is 5.88 Å². The molecule has 1 atom stereocenters. The van der Waals surface area contributed by atoms with Crippen LogP contribution in [0.1, 0.15) is 12.8 Å². The van der Waals surface area contributed by atoms with Crippen LogP contribution >= 0.6 is 12.4 Å². The minimum atomic E-state index is 0. The third-order valence-electron chi connectivity index (χ3n) is 3.31. The van der Waals surface area contributed by atoms with Gasteiger partial charge in [0.05, 0.1) is 11.0 Å². The highest BCUT2D eigenvalue weighted by Gasteiger charge is 2.18. The average Bonchev–Trinajstić information content (AvgIpc) is 2.47. The van der Waals surface area contributed by atoms with E-state index in [0.29, 0.717) is 11.7 Å². The number of anilines is 1. The first-order valence-corrected chi connectivity index (χ1v) is 6.69. The maximum Gasteiger partial charge on any atom is 0.258 e. The van der Waals surface area contributed by atoms with Crippen LogP contribution in [0, 0.1) is 0 Å². The summed E-state index contributed by atoms with van der Waals surface area (Å²) in [6.45, 7) is 1.94. The van der Waals surface area contributed by atoms with E-state index in [-0.39, 0.29) is 18.5 Å². The second kappa shape index (κ2) is 6.72. The monoisotopic (exact) mass is 294 g/mol. The van der Waals surface area contributed by atoms with Crippen molar-refractivity contribution in [1.29, 1.82) is 0 Å². The van der Waals surface area contributed by atoms with E-state index in [1.54, 1.807) is 0 Å². The van der Waals surface area contributed by atoms with Gasteiger partial charge in [-0.1, -0.05) is 12.1 Å². The Morgan fingerprint density at radius 1 is 1.25 bits per heavy atom. The van der Waals surface area contributed by atoms with Crippen molar-refractivity contribution in [1.82, 2.24) is 15.3 Å². The molecule has 1 aliphatic heterocycles. The van der Waals surface area contributed by atoms with Crippen LogP contribution in [-0.4, -0.2) is 36.2 Å². The number of hydrogen-bond donors (Lipinski definition) is 2. The first kappa shape index (κ1) is 14.8. The second-order valence-corrected chi connectivity index (χ2v) is 4.70. The summed E-state index contributed by atoms with van der Waals surface area (Å²) in [4.78, 5) is 9.11. The SMILES string of the molecule is CNc1nc2ccccc2nc1OC1CCCNC1.Cl. The van der Waals surface area contributed by atoms with Crippen molar-refractivity contribution in [3.63, 3.8) is 0 Å². The molecular weight excluding hydrogens is 276 g/mol. The van der Waals surface area contributed by atoms with Gasteiger partial charge in [-0.25, -0.2) is 9.97 Å². The molecule has 2 N–H and O–H groups in total. The lowest BCUT2D eigenvalue weighted by molar-refractivity contribution is 0.161. The van der Waals surface area contributed by atoms with Crippen LogP contribution < -0.4 is 15.4 Å². The summed E-state index contributed by atoms with van der Waals surface area (Å²) in [7, 11) is 1.84. The molecule has 108 valence electrons. The van der Waals surface area contributed by atoms with Gasteiger partial charge in [-0.3, -0.25) is 0 Å². The van der Waals surface area contributed by atoms with E-state index in [4.69, 9.17) is 4.74 Å². The van der Waals surface area contributed by atoms with Crippen molar-refractivity contribution in [2.24, 2.45) is 0 Å². The highest BCUT2D eigenvalue weighted by molar-refractivity contribution is 5.85. The zero-order chi connectivity index (χ0) is 13.1. The van der Waals surface area contributed by atoms with Gasteiger partial charge in [0, 0.05) is 13.6 Å². The minimum Gasteiger partial charge on any atom is -0.470 e. The lowest BCUT2D eigenvalue weighted by Gasteiger charge is -2.24. The number of piperidine rings is 1. The van der Waals surface area contributed by atoms with Gasteiger partial charge >= 0.3 is 0 Å². The normalized spacial score (nSPS) is 18.4. The standard InChI is InChI=1S/C14H18N4O.ClH/c1-15-13-14(19-10-5-4-8-16-9-10)18-12-7-3-2-6-11(12)17-13;/h2-3,6-7,10,16H,4-5,8-9H2,1H3,(H,15,17);1H. The van der Waals surface area contributed by atoms with E-state index in [1.165, 1.54) is 0 Å². The number of nitrogens with one attached hydrogen (secondary N) is 2. The molecular formula is C14H19ClN4O. The fourth-order valence-electron chi connectivity index (χ4n) is 2.31. The van der Waals surface area contributed by atoms with E-state index < -0.39 is 0 Å². The highest BCUT2D eigenvalue weighted by atomic mass is 35.5. The van der Waals surface area contributed by atoms with Gasteiger partial charge in [0.15, 0.2) is 5.82 Å². The summed E-state index contributed by atoms with van der Waals surface area (Å²) < 4.78 is 5.99. The van der Waals surface area contributed by atoms with E-state index in [0.717, 1.165) is 37.0 Å². The highest BCUT2D eigenvalue weighted by Crippen LogP contribution is 2.24. The first-order valence-electron chi connectivity index (χ1n) is 6.69. The minimum absolute atomic E-state index is 0. The molecule has 0 amide bonds. The number of para-hydroxylation sites is 2. The smallest absolute Gasteiger partial charge is 0.258 e. The number of halogens is 1. The van der Waals surface area contributed by atoms with Crippen LogP contribution in [0.2, 0.25) is 0 Å². The molecule has 5 nitrogen and oxygen atoms in total. The molecule has 0 spiro atoms. The van der Waals surface area contributed by atoms with Crippen molar-refractivity contribution in [2.75, 3.05) is 25.5 Å². The summed E-state index contributed by atoms with van der Waals surface area (Å²) in [5, 5.41) is 6.39. The molecule has 0 bridgehead atoms. The van der Waals surface area contributed by atoms with Crippen LogP contribution in [0.3, 0.4) is 0 Å². The lowest BCUT2D eigenvalue weighted by atomic mass is 10.1. The summed E-state index contributed by atoms with van der Waals surface area (Å²) in [6.07, 6.45) is 2.38. The molecule has 6 heteroatoms. The summed E-state index contributed by atoms with van der Waals surface area (Å²) in [5.74, 6) is 1.29. The maximum absolute atomic E-state index is 5.99. The summed E-state index contributed by atoms with van der Waals surface area (Å²) in [5.41, 5.74) is 1.74. The van der Waals surface area contributed by atoms with Crippen LogP contribution in [0.5, 0.6) is 5.88 Å². The molecule has 1 unspecified atom stereocenters. The molecule has 1 fully saturated rings. The van der Waals surface area contributed by atoms with E-state index in [2.05, 4.69) is 20.6 Å². The fraction of sp³-hybridized carbons (Fsp3) is 0.429. The number of nitrogens with zero attached hydrogens (tertiary/aromatic N) is 2. The fourth-order valence-corrected chi connectivity index (χ4v) is 2.31. The Balaban J connectivity index is 0.00000147. The maximum atomic E-state index is 5.99. The molecule has 0 aliphatic carbocycles. The van der Waals surface area contributed by atoms with E-state index in [1.807, 2.05) is 31.3 Å². The third-order valence-corrected chi connectivity index (χ3v) is 3.31. The predicted molar refractivity (Wildman–Crippen MR) is 82.9 cm³/mol. The van der Waals surface area contributed by atoms with Gasteiger partial charge in [-0.15, -0.1) is 12.4 Å². The zero-order valence-electron chi connectivity index (χ0n) is 11.4. The molecule has 2 aromatic rings. The van der Waals surface area contributed by atoms with Crippen LogP contribution in [0.25, 0.3) is 11.0 Å². The molecule has 2 heterocycles. The Morgan fingerprint density at radius 2 is 2.00 bits per heavy atom. The van der Waals surface area contributed by atoms with Crippen molar-refractivity contribution in [3.05, 3.63) is 24.3 Å². The van der Waals surface area contributed by atoms with E-state index in [9.17, 15) is 0 Å². The Labute approximate surface area is 124 Å². The van der Waals surface area contributed by atoms with Gasteiger partial charge in [-0.2, -0.15) is 0 Å². The van der Waals surface area contributed by atoms with Crippen LogP contribution in [0.15, 0.2) is 24.3 Å².